The molecule has 0 radical (unpaired) electrons. The standard InChI is InChI=1S/C30H47NS/c1-2-3-4-5-6-7-8-9-25-10-12-26(13-11-25)14-15-27-16-18-28(19-17-27)29-20-22-30(23-21-29)31-24-32/h20-23,25-28H,2-19H2,1H3. The zero-order valence-corrected chi connectivity index (χ0v) is 21.5. The number of aliphatic imine (C=N–C) groups is 1. The molecular formula is C30H47NS. The fourth-order valence-electron chi connectivity index (χ4n) is 6.33. The van der Waals surface area contributed by atoms with Gasteiger partial charge in [0.05, 0.1) is 10.8 Å². The Morgan fingerprint density at radius 1 is 0.688 bits per heavy atom. The Hall–Kier alpha value is -0.980. The third-order valence-corrected chi connectivity index (χ3v) is 8.64. The molecule has 3 rings (SSSR count). The topological polar surface area (TPSA) is 12.4 Å². The molecule has 0 saturated heterocycles. The lowest BCUT2D eigenvalue weighted by Crippen LogP contribution is -2.17. The molecule has 1 nitrogen and oxygen atoms in total. The number of hydrogen-bond donors (Lipinski definition) is 0. The van der Waals surface area contributed by atoms with Gasteiger partial charge in [-0.1, -0.05) is 109 Å². The van der Waals surface area contributed by atoms with Crippen LogP contribution in [0.2, 0.25) is 0 Å². The Morgan fingerprint density at radius 3 is 1.75 bits per heavy atom. The van der Waals surface area contributed by atoms with Gasteiger partial charge in [0.2, 0.25) is 0 Å². The Morgan fingerprint density at radius 2 is 1.19 bits per heavy atom. The van der Waals surface area contributed by atoms with Crippen molar-refractivity contribution in [2.24, 2.45) is 22.7 Å². The molecule has 0 amide bonds. The second-order valence-electron chi connectivity index (χ2n) is 10.9. The molecule has 0 bridgehead atoms. The largest absolute Gasteiger partial charge is 0.195 e. The predicted molar refractivity (Wildman–Crippen MR) is 143 cm³/mol. The molecule has 178 valence electrons. The summed E-state index contributed by atoms with van der Waals surface area (Å²) in [6, 6.07) is 8.68. The van der Waals surface area contributed by atoms with Crippen molar-refractivity contribution in [1.82, 2.24) is 0 Å². The van der Waals surface area contributed by atoms with Gasteiger partial charge in [0.25, 0.3) is 0 Å². The lowest BCUT2D eigenvalue weighted by atomic mass is 9.74. The van der Waals surface area contributed by atoms with Gasteiger partial charge in [-0.3, -0.25) is 0 Å². The molecule has 2 aliphatic carbocycles. The fourth-order valence-corrected chi connectivity index (χ4v) is 6.43. The maximum Gasteiger partial charge on any atom is 0.0739 e. The molecule has 1 aromatic carbocycles. The Kier molecular flexibility index (Phi) is 12.0. The van der Waals surface area contributed by atoms with Crippen LogP contribution in [0.1, 0.15) is 134 Å². The maximum atomic E-state index is 4.70. The highest BCUT2D eigenvalue weighted by Crippen LogP contribution is 2.40. The molecule has 2 aliphatic rings. The SMILES string of the molecule is CCCCCCCCCC1CCC(CCC2CCC(c3ccc(N=C=S)cc3)CC2)CC1. The Balaban J connectivity index is 1.23. The molecule has 0 aromatic heterocycles. The van der Waals surface area contributed by atoms with Crippen molar-refractivity contribution in [2.75, 3.05) is 0 Å². The summed E-state index contributed by atoms with van der Waals surface area (Å²) in [4.78, 5) is 4.07. The van der Waals surface area contributed by atoms with Crippen LogP contribution in [0, 0.1) is 17.8 Å². The maximum absolute atomic E-state index is 4.70. The molecule has 2 saturated carbocycles. The van der Waals surface area contributed by atoms with Crippen LogP contribution < -0.4 is 0 Å². The minimum absolute atomic E-state index is 0.749. The van der Waals surface area contributed by atoms with E-state index in [-0.39, 0.29) is 0 Å². The van der Waals surface area contributed by atoms with Gasteiger partial charge in [-0.2, -0.15) is 4.99 Å². The monoisotopic (exact) mass is 453 g/mol. The molecular weight excluding hydrogens is 406 g/mol. The minimum atomic E-state index is 0.749. The molecule has 0 heterocycles. The van der Waals surface area contributed by atoms with E-state index in [0.717, 1.165) is 29.4 Å². The first-order valence-electron chi connectivity index (χ1n) is 14.0. The summed E-state index contributed by atoms with van der Waals surface area (Å²) in [5.41, 5.74) is 2.42. The highest BCUT2D eigenvalue weighted by molar-refractivity contribution is 7.78. The molecule has 0 spiro atoms. The van der Waals surface area contributed by atoms with Crippen molar-refractivity contribution in [3.05, 3.63) is 29.8 Å². The summed E-state index contributed by atoms with van der Waals surface area (Å²) < 4.78 is 0. The lowest BCUT2D eigenvalue weighted by Gasteiger charge is -2.32. The second kappa shape index (κ2) is 15.0. The van der Waals surface area contributed by atoms with Gasteiger partial charge < -0.3 is 0 Å². The Labute approximate surface area is 203 Å². The first kappa shape index (κ1) is 25.6. The molecule has 0 aliphatic heterocycles. The minimum Gasteiger partial charge on any atom is -0.195 e. The average Bonchev–Trinajstić information content (AvgIpc) is 2.84. The molecule has 32 heavy (non-hydrogen) atoms. The second-order valence-corrected chi connectivity index (χ2v) is 11.1. The van der Waals surface area contributed by atoms with E-state index in [9.17, 15) is 0 Å². The average molecular weight is 454 g/mol. The summed E-state index contributed by atoms with van der Waals surface area (Å²) >= 11 is 4.70. The third kappa shape index (κ3) is 9.11. The first-order valence-corrected chi connectivity index (χ1v) is 14.4. The van der Waals surface area contributed by atoms with Crippen molar-refractivity contribution in [3.63, 3.8) is 0 Å². The molecule has 0 unspecified atom stereocenters. The van der Waals surface area contributed by atoms with Gasteiger partial charge in [-0.25, -0.2) is 0 Å². The number of benzene rings is 1. The van der Waals surface area contributed by atoms with Crippen LogP contribution >= 0.6 is 12.2 Å². The van der Waals surface area contributed by atoms with E-state index in [1.165, 1.54) is 121 Å². The van der Waals surface area contributed by atoms with Crippen molar-refractivity contribution in [2.45, 2.75) is 128 Å². The lowest BCUT2D eigenvalue weighted by molar-refractivity contribution is 0.222. The summed E-state index contributed by atoms with van der Waals surface area (Å²) in [5, 5.41) is 2.46. The Bertz CT molecular complexity index is 659. The zero-order chi connectivity index (χ0) is 22.4. The number of rotatable bonds is 13. The third-order valence-electron chi connectivity index (χ3n) is 8.55. The van der Waals surface area contributed by atoms with Crippen LogP contribution in [0.15, 0.2) is 29.3 Å². The van der Waals surface area contributed by atoms with Gasteiger partial charge >= 0.3 is 0 Å². The number of thiocarbonyl (C=S) groups is 1. The molecule has 0 N–H and O–H groups in total. The van der Waals surface area contributed by atoms with Gasteiger partial charge in [0.15, 0.2) is 0 Å². The van der Waals surface area contributed by atoms with Gasteiger partial charge in [0, 0.05) is 0 Å². The van der Waals surface area contributed by atoms with Gasteiger partial charge in [-0.05, 0) is 79.3 Å². The van der Waals surface area contributed by atoms with Crippen LogP contribution in [0.3, 0.4) is 0 Å². The first-order chi connectivity index (χ1) is 15.8. The van der Waals surface area contributed by atoms with E-state index in [1.54, 1.807) is 0 Å². The van der Waals surface area contributed by atoms with Gasteiger partial charge in [0.1, 0.15) is 0 Å². The quantitative estimate of drug-likeness (QED) is 0.164. The number of isothiocyanates is 1. The van der Waals surface area contributed by atoms with Crippen molar-refractivity contribution >= 4 is 23.1 Å². The number of nitrogens with zero attached hydrogens (tertiary/aromatic N) is 1. The van der Waals surface area contributed by atoms with Crippen LogP contribution in [0.5, 0.6) is 0 Å². The summed E-state index contributed by atoms with van der Waals surface area (Å²) in [6.45, 7) is 2.31. The van der Waals surface area contributed by atoms with E-state index in [0.29, 0.717) is 0 Å². The highest BCUT2D eigenvalue weighted by atomic mass is 32.1. The highest BCUT2D eigenvalue weighted by Gasteiger charge is 2.25. The van der Waals surface area contributed by atoms with Crippen LogP contribution in [0.25, 0.3) is 0 Å². The normalized spacial score (nSPS) is 25.9. The molecule has 2 fully saturated rings. The van der Waals surface area contributed by atoms with Crippen molar-refractivity contribution < 1.29 is 0 Å². The van der Waals surface area contributed by atoms with E-state index in [4.69, 9.17) is 12.2 Å². The molecule has 2 heteroatoms. The predicted octanol–water partition coefficient (Wildman–Crippen LogP) is 10.4. The summed E-state index contributed by atoms with van der Waals surface area (Å²) in [7, 11) is 0. The number of hydrogen-bond acceptors (Lipinski definition) is 2. The van der Waals surface area contributed by atoms with Gasteiger partial charge in [-0.15, -0.1) is 0 Å². The van der Waals surface area contributed by atoms with E-state index >= 15 is 0 Å². The summed E-state index contributed by atoms with van der Waals surface area (Å²) in [5.74, 6) is 3.82. The van der Waals surface area contributed by atoms with E-state index in [2.05, 4.69) is 41.3 Å². The van der Waals surface area contributed by atoms with Crippen LogP contribution in [-0.2, 0) is 0 Å². The summed E-state index contributed by atoms with van der Waals surface area (Å²) in [6.07, 6.45) is 26.4. The van der Waals surface area contributed by atoms with E-state index < -0.39 is 0 Å². The molecule has 1 aromatic rings. The van der Waals surface area contributed by atoms with Crippen LogP contribution in [0.4, 0.5) is 5.69 Å². The van der Waals surface area contributed by atoms with Crippen molar-refractivity contribution in [1.29, 1.82) is 0 Å². The van der Waals surface area contributed by atoms with E-state index in [1.807, 2.05) is 0 Å². The van der Waals surface area contributed by atoms with Crippen LogP contribution in [-0.4, -0.2) is 5.16 Å². The molecule has 0 atom stereocenters. The number of unbranched alkanes of at least 4 members (excludes halogenated alkanes) is 6. The fraction of sp³-hybridized carbons (Fsp3) is 0.767. The zero-order valence-electron chi connectivity index (χ0n) is 20.7. The smallest absolute Gasteiger partial charge is 0.0739 e. The van der Waals surface area contributed by atoms with Crippen molar-refractivity contribution in [3.8, 4) is 0 Å².